The number of benzene rings is 2. The fourth-order valence-electron chi connectivity index (χ4n) is 2.47. The smallest absolute Gasteiger partial charge is 0.135 e. The molecule has 0 bridgehead atoms. The Kier molecular flexibility index (Phi) is 3.39. The van der Waals surface area contributed by atoms with E-state index in [0.29, 0.717) is 11.1 Å². The Morgan fingerprint density at radius 2 is 1.90 bits per heavy atom. The van der Waals surface area contributed by atoms with Crippen LogP contribution in [0.4, 0.5) is 8.78 Å². The summed E-state index contributed by atoms with van der Waals surface area (Å²) in [5.74, 6) is -1.47. The molecule has 0 aliphatic carbocycles. The lowest BCUT2D eigenvalue weighted by molar-refractivity contribution is 0.210. The van der Waals surface area contributed by atoms with Crippen molar-refractivity contribution in [1.82, 2.24) is 4.98 Å². The average molecular weight is 285 g/mol. The number of aliphatic hydroxyl groups is 1. The third-order valence-electron chi connectivity index (χ3n) is 3.60. The molecular weight excluding hydrogens is 272 g/mol. The van der Waals surface area contributed by atoms with E-state index in [0.717, 1.165) is 10.8 Å². The maximum absolute atomic E-state index is 14.2. The number of fused-ring (bicyclic) bond motifs is 1. The van der Waals surface area contributed by atoms with Gasteiger partial charge in [-0.3, -0.25) is 4.98 Å². The lowest BCUT2D eigenvalue weighted by atomic mass is 9.95. The standard InChI is InChI=1S/C17H13F2NO/c1-10-5-6-14(18)15(16(10)19)17(21)13-4-2-3-11-9-20-8-7-12(11)13/h2-9,17,21H,1H3. The largest absolute Gasteiger partial charge is 0.383 e. The highest BCUT2D eigenvalue weighted by atomic mass is 19.1. The topological polar surface area (TPSA) is 33.1 Å². The summed E-state index contributed by atoms with van der Waals surface area (Å²) >= 11 is 0. The summed E-state index contributed by atoms with van der Waals surface area (Å²) in [5, 5.41) is 12.0. The molecule has 1 unspecified atom stereocenters. The average Bonchev–Trinajstić information content (AvgIpc) is 2.50. The summed E-state index contributed by atoms with van der Waals surface area (Å²) in [7, 11) is 0. The van der Waals surface area contributed by atoms with E-state index in [1.54, 1.807) is 30.6 Å². The lowest BCUT2D eigenvalue weighted by Crippen LogP contribution is -2.07. The van der Waals surface area contributed by atoms with E-state index in [9.17, 15) is 13.9 Å². The molecular formula is C17H13F2NO. The predicted octanol–water partition coefficient (Wildman–Crippen LogP) is 3.90. The van der Waals surface area contributed by atoms with Crippen LogP contribution in [0.25, 0.3) is 10.8 Å². The van der Waals surface area contributed by atoms with E-state index in [2.05, 4.69) is 4.98 Å². The van der Waals surface area contributed by atoms with Gasteiger partial charge < -0.3 is 5.11 Å². The second-order valence-corrected chi connectivity index (χ2v) is 4.94. The molecule has 1 aromatic heterocycles. The summed E-state index contributed by atoms with van der Waals surface area (Å²) in [6, 6.07) is 9.47. The first-order chi connectivity index (χ1) is 10.1. The van der Waals surface area contributed by atoms with Crippen LogP contribution in [0.2, 0.25) is 0 Å². The molecule has 2 nitrogen and oxygen atoms in total. The predicted molar refractivity (Wildman–Crippen MR) is 76.9 cm³/mol. The van der Waals surface area contributed by atoms with Crippen LogP contribution >= 0.6 is 0 Å². The van der Waals surface area contributed by atoms with E-state index >= 15 is 0 Å². The highest BCUT2D eigenvalue weighted by Crippen LogP contribution is 2.32. The van der Waals surface area contributed by atoms with Gasteiger partial charge in [-0.05, 0) is 35.6 Å². The second-order valence-electron chi connectivity index (χ2n) is 4.94. The molecule has 2 aromatic carbocycles. The Morgan fingerprint density at radius 1 is 1.10 bits per heavy atom. The number of hydrogen-bond acceptors (Lipinski definition) is 2. The molecule has 0 fully saturated rings. The molecule has 1 heterocycles. The molecule has 0 saturated carbocycles. The van der Waals surface area contributed by atoms with Crippen LogP contribution < -0.4 is 0 Å². The Labute approximate surface area is 120 Å². The van der Waals surface area contributed by atoms with Gasteiger partial charge in [0.05, 0.1) is 5.56 Å². The van der Waals surface area contributed by atoms with Gasteiger partial charge >= 0.3 is 0 Å². The molecule has 21 heavy (non-hydrogen) atoms. The lowest BCUT2D eigenvalue weighted by Gasteiger charge is -2.16. The molecule has 3 rings (SSSR count). The van der Waals surface area contributed by atoms with Crippen LogP contribution in [0.15, 0.2) is 48.8 Å². The van der Waals surface area contributed by atoms with Crippen molar-refractivity contribution in [2.45, 2.75) is 13.0 Å². The number of rotatable bonds is 2. The minimum absolute atomic E-state index is 0.298. The summed E-state index contributed by atoms with van der Waals surface area (Å²) in [6.45, 7) is 1.54. The Balaban J connectivity index is 2.22. The quantitative estimate of drug-likeness (QED) is 0.774. The zero-order chi connectivity index (χ0) is 15.0. The van der Waals surface area contributed by atoms with Crippen molar-refractivity contribution < 1.29 is 13.9 Å². The van der Waals surface area contributed by atoms with Gasteiger partial charge in [0.1, 0.15) is 17.7 Å². The van der Waals surface area contributed by atoms with E-state index in [4.69, 9.17) is 0 Å². The number of aryl methyl sites for hydroxylation is 1. The van der Waals surface area contributed by atoms with Crippen LogP contribution in [-0.4, -0.2) is 10.1 Å². The summed E-state index contributed by atoms with van der Waals surface area (Å²) in [5.41, 5.74) is 0.435. The van der Waals surface area contributed by atoms with Gasteiger partial charge in [-0.1, -0.05) is 24.3 Å². The molecule has 0 saturated heterocycles. The number of pyridine rings is 1. The zero-order valence-electron chi connectivity index (χ0n) is 11.3. The van der Waals surface area contributed by atoms with Gasteiger partial charge in [0.2, 0.25) is 0 Å². The molecule has 3 aromatic rings. The van der Waals surface area contributed by atoms with Crippen molar-refractivity contribution in [1.29, 1.82) is 0 Å². The van der Waals surface area contributed by atoms with Crippen molar-refractivity contribution in [3.8, 4) is 0 Å². The van der Waals surface area contributed by atoms with Gasteiger partial charge in [-0.25, -0.2) is 8.78 Å². The normalized spacial score (nSPS) is 12.6. The first-order valence-electron chi connectivity index (χ1n) is 6.55. The Morgan fingerprint density at radius 3 is 2.71 bits per heavy atom. The van der Waals surface area contributed by atoms with Crippen LogP contribution in [0, 0.1) is 18.6 Å². The molecule has 1 N–H and O–H groups in total. The highest BCUT2D eigenvalue weighted by molar-refractivity contribution is 5.85. The number of halogens is 2. The zero-order valence-corrected chi connectivity index (χ0v) is 11.3. The van der Waals surface area contributed by atoms with Crippen LogP contribution in [0.5, 0.6) is 0 Å². The third kappa shape index (κ3) is 2.28. The van der Waals surface area contributed by atoms with E-state index in [1.807, 2.05) is 6.07 Å². The minimum atomic E-state index is -1.36. The summed E-state index contributed by atoms with van der Waals surface area (Å²) < 4.78 is 28.1. The van der Waals surface area contributed by atoms with Gasteiger partial charge in [0.25, 0.3) is 0 Å². The second kappa shape index (κ2) is 5.22. The first-order valence-corrected chi connectivity index (χ1v) is 6.55. The number of nitrogens with zero attached hydrogens (tertiary/aromatic N) is 1. The highest BCUT2D eigenvalue weighted by Gasteiger charge is 2.22. The van der Waals surface area contributed by atoms with Gasteiger partial charge in [-0.2, -0.15) is 0 Å². The fourth-order valence-corrected chi connectivity index (χ4v) is 2.47. The molecule has 106 valence electrons. The van der Waals surface area contributed by atoms with Crippen LogP contribution in [0.1, 0.15) is 22.8 Å². The van der Waals surface area contributed by atoms with Crippen molar-refractivity contribution >= 4 is 10.8 Å². The molecule has 0 radical (unpaired) electrons. The van der Waals surface area contributed by atoms with E-state index < -0.39 is 17.7 Å². The summed E-state index contributed by atoms with van der Waals surface area (Å²) in [4.78, 5) is 4.01. The van der Waals surface area contributed by atoms with Crippen molar-refractivity contribution in [3.63, 3.8) is 0 Å². The van der Waals surface area contributed by atoms with Crippen molar-refractivity contribution in [2.75, 3.05) is 0 Å². The van der Waals surface area contributed by atoms with Crippen molar-refractivity contribution in [3.05, 3.63) is 77.1 Å². The monoisotopic (exact) mass is 285 g/mol. The van der Waals surface area contributed by atoms with Crippen molar-refractivity contribution in [2.24, 2.45) is 0 Å². The maximum Gasteiger partial charge on any atom is 0.135 e. The molecule has 0 amide bonds. The fraction of sp³-hybridized carbons (Fsp3) is 0.118. The molecule has 1 atom stereocenters. The van der Waals surface area contributed by atoms with Gasteiger partial charge in [-0.15, -0.1) is 0 Å². The van der Waals surface area contributed by atoms with Crippen LogP contribution in [-0.2, 0) is 0 Å². The number of hydrogen-bond donors (Lipinski definition) is 1. The van der Waals surface area contributed by atoms with E-state index in [-0.39, 0.29) is 5.56 Å². The van der Waals surface area contributed by atoms with E-state index in [1.165, 1.54) is 19.1 Å². The summed E-state index contributed by atoms with van der Waals surface area (Å²) in [6.07, 6.45) is 1.87. The Bertz CT molecular complexity index is 812. The molecule has 0 aliphatic heterocycles. The third-order valence-corrected chi connectivity index (χ3v) is 3.60. The number of aliphatic hydroxyl groups excluding tert-OH is 1. The molecule has 0 aliphatic rings. The molecule has 4 heteroatoms. The molecule has 0 spiro atoms. The Hall–Kier alpha value is -2.33. The number of aromatic nitrogens is 1. The van der Waals surface area contributed by atoms with Gasteiger partial charge in [0.15, 0.2) is 0 Å². The SMILES string of the molecule is Cc1ccc(F)c(C(O)c2cccc3cnccc23)c1F. The maximum atomic E-state index is 14.2. The van der Waals surface area contributed by atoms with Gasteiger partial charge in [0, 0.05) is 17.8 Å². The minimum Gasteiger partial charge on any atom is -0.383 e. The first kappa shape index (κ1) is 13.6. The van der Waals surface area contributed by atoms with Crippen LogP contribution in [0.3, 0.4) is 0 Å².